The molecule has 9 fully saturated rings. The number of fused-ring (bicyclic) bond motifs is 13. The predicted octanol–water partition coefficient (Wildman–Crippen LogP) is 3.80. The maximum Gasteiger partial charge on any atom is 0.333 e. The van der Waals surface area contributed by atoms with Gasteiger partial charge in [-0.2, -0.15) is 0 Å². The third-order valence-electron chi connectivity index (χ3n) is 15.7. The van der Waals surface area contributed by atoms with Gasteiger partial charge in [-0.05, 0) is 78.1 Å². The first-order valence-corrected chi connectivity index (χ1v) is 27.0. The first kappa shape index (κ1) is 62.1. The van der Waals surface area contributed by atoms with E-state index in [1.807, 2.05) is 0 Å². The van der Waals surface area contributed by atoms with Crippen LogP contribution < -0.4 is 0 Å². The molecule has 24 nitrogen and oxygen atoms in total. The number of hydrogen-bond donors (Lipinski definition) is 0. The van der Waals surface area contributed by atoms with Crippen LogP contribution >= 0.6 is 0 Å². The highest BCUT2D eigenvalue weighted by molar-refractivity contribution is 5.88. The molecule has 0 aromatic rings. The lowest BCUT2D eigenvalue weighted by Gasteiger charge is -2.47. The minimum Gasteiger partial charge on any atom is -0.465 e. The van der Waals surface area contributed by atoms with Gasteiger partial charge in [0.15, 0.2) is 0 Å². The monoisotopic (exact) mass is 1130 g/mol. The minimum atomic E-state index is -0.783. The quantitative estimate of drug-likeness (QED) is 0.0574. The number of cyclic esters (lactones) is 2. The molecule has 440 valence electrons. The van der Waals surface area contributed by atoms with E-state index in [0.717, 1.165) is 25.7 Å². The summed E-state index contributed by atoms with van der Waals surface area (Å²) in [4.78, 5) is 140. The maximum atomic E-state index is 12.0. The highest BCUT2D eigenvalue weighted by atomic mass is 16.6. The fraction of sp³-hybridized carbons (Fsp3) is 0.679. The molecule has 4 heterocycles. The number of carbonyl (C=O) groups is 12. The van der Waals surface area contributed by atoms with E-state index >= 15 is 0 Å². The Hall–Kier alpha value is -7.14. The molecule has 0 spiro atoms. The molecule has 6 bridgehead atoms. The minimum absolute atomic E-state index is 0.0288. The van der Waals surface area contributed by atoms with Gasteiger partial charge in [-0.25, -0.2) is 14.4 Å². The van der Waals surface area contributed by atoms with E-state index in [4.69, 9.17) is 56.8 Å². The van der Waals surface area contributed by atoms with Gasteiger partial charge in [-0.3, -0.25) is 43.2 Å². The molecule has 4 aliphatic heterocycles. The van der Waals surface area contributed by atoms with E-state index in [0.29, 0.717) is 38.4 Å². The zero-order valence-electron chi connectivity index (χ0n) is 45.7. The van der Waals surface area contributed by atoms with Crippen LogP contribution in [0, 0.1) is 53.3 Å². The first-order chi connectivity index (χ1) is 37.9. The summed E-state index contributed by atoms with van der Waals surface area (Å²) in [7, 11) is 0. The lowest BCUT2D eigenvalue weighted by atomic mass is 9.74. The molecule has 0 aromatic carbocycles. The van der Waals surface area contributed by atoms with Crippen molar-refractivity contribution in [3.8, 4) is 0 Å². The van der Waals surface area contributed by atoms with Gasteiger partial charge < -0.3 is 56.8 Å². The van der Waals surface area contributed by atoms with Crippen molar-refractivity contribution in [3.05, 3.63) is 36.5 Å². The standard InChI is InChI=1S/2C19H24O8.C18H24O8/c1-10(2)18(22)25-6-5-24-15(20)3-4-16(21)27-14-8-11-7-12(14)13-9-26-19(23)17(11)13;1-10(2)18(22)25-6-5-24-15(20)3-4-16(21)27-14-8-11-7-12(14)17-13(11)9-26-19(17)23;1-11(2)16(21)24-9-8-23-14(19)4-5-15(20)25-13-10-12-6-7-18(13,3)26-17(12)22/h2*11-14,17H,1,3-9H2,2H3;12-13H,1,4-10H2,2-3H3. The fourth-order valence-corrected chi connectivity index (χ4v) is 11.6. The molecule has 9 aliphatic rings. The van der Waals surface area contributed by atoms with E-state index in [1.165, 1.54) is 20.8 Å². The second-order valence-corrected chi connectivity index (χ2v) is 21.6. The second-order valence-electron chi connectivity index (χ2n) is 21.6. The van der Waals surface area contributed by atoms with Crippen molar-refractivity contribution in [3.63, 3.8) is 0 Å². The Bertz CT molecular complexity index is 2440. The molecule has 5 aliphatic carbocycles. The van der Waals surface area contributed by atoms with Crippen LogP contribution in [0.2, 0.25) is 0 Å². The van der Waals surface area contributed by atoms with Crippen molar-refractivity contribution in [1.82, 2.24) is 0 Å². The summed E-state index contributed by atoms with van der Waals surface area (Å²) in [6.07, 6.45) is 3.51. The fourth-order valence-electron chi connectivity index (χ4n) is 11.6. The Labute approximate surface area is 462 Å². The van der Waals surface area contributed by atoms with Crippen molar-refractivity contribution in [1.29, 1.82) is 0 Å². The summed E-state index contributed by atoms with van der Waals surface area (Å²) < 4.78 is 61.1. The molecule has 13 atom stereocenters. The molecular weight excluding hydrogens is 1060 g/mol. The molecule has 80 heavy (non-hydrogen) atoms. The van der Waals surface area contributed by atoms with E-state index < -0.39 is 65.4 Å². The lowest BCUT2D eigenvalue weighted by Crippen LogP contribution is -2.57. The number of carbonyl (C=O) groups excluding carboxylic acids is 12. The smallest absolute Gasteiger partial charge is 0.333 e. The van der Waals surface area contributed by atoms with E-state index in [-0.39, 0.29) is 172 Å². The van der Waals surface area contributed by atoms with Gasteiger partial charge in [-0.1, -0.05) is 19.7 Å². The SMILES string of the molecule is C=C(C)C(=O)OCCOC(=O)CCC(=O)OC1CC2CC1C1C(=O)OCC21.C=C(C)C(=O)OCCOC(=O)CCC(=O)OC1CC2CC1C1COC(=O)C21.C=C(C)C(=O)OCCOC(=O)CCC(=O)OC1CC2CCC1(C)OC2=O. The Balaban J connectivity index is 0.000000194. The molecular formula is C56H72O24. The van der Waals surface area contributed by atoms with Crippen LogP contribution in [0.1, 0.15) is 111 Å². The summed E-state index contributed by atoms with van der Waals surface area (Å²) in [5.41, 5.74) is 0.0103. The van der Waals surface area contributed by atoms with Crippen molar-refractivity contribution in [2.24, 2.45) is 53.3 Å². The second kappa shape index (κ2) is 28.3. The van der Waals surface area contributed by atoms with Crippen molar-refractivity contribution in [2.75, 3.05) is 52.9 Å². The average Bonchev–Trinajstić information content (AvgIpc) is 4.40. The van der Waals surface area contributed by atoms with E-state index in [1.54, 1.807) is 6.92 Å². The van der Waals surface area contributed by atoms with Gasteiger partial charge >= 0.3 is 71.6 Å². The Morgan fingerprint density at radius 1 is 0.463 bits per heavy atom. The molecule has 4 saturated heterocycles. The molecule has 0 N–H and O–H groups in total. The molecule has 5 saturated carbocycles. The Kier molecular flexibility index (Phi) is 22.0. The third-order valence-corrected chi connectivity index (χ3v) is 15.7. The van der Waals surface area contributed by atoms with E-state index in [9.17, 15) is 57.5 Å². The maximum absolute atomic E-state index is 12.0. The summed E-state index contributed by atoms with van der Waals surface area (Å²) in [5.74, 6) is -4.49. The number of esters is 12. The zero-order chi connectivity index (χ0) is 58.4. The van der Waals surface area contributed by atoms with Crippen LogP contribution in [0.4, 0.5) is 0 Å². The summed E-state index contributed by atoms with van der Waals surface area (Å²) >= 11 is 0. The molecule has 13 unspecified atom stereocenters. The first-order valence-electron chi connectivity index (χ1n) is 27.0. The highest BCUT2D eigenvalue weighted by Gasteiger charge is 2.61. The van der Waals surface area contributed by atoms with Crippen LogP contribution in [0.5, 0.6) is 0 Å². The average molecular weight is 1130 g/mol. The van der Waals surface area contributed by atoms with Crippen molar-refractivity contribution in [2.45, 2.75) is 135 Å². The van der Waals surface area contributed by atoms with Gasteiger partial charge in [0.05, 0.1) is 69.5 Å². The molecule has 0 aromatic heterocycles. The largest absolute Gasteiger partial charge is 0.465 e. The van der Waals surface area contributed by atoms with Gasteiger partial charge in [0, 0.05) is 46.8 Å². The van der Waals surface area contributed by atoms with Crippen LogP contribution in [0.15, 0.2) is 36.5 Å². The van der Waals surface area contributed by atoms with E-state index in [2.05, 4.69) is 19.7 Å². The van der Waals surface area contributed by atoms with Crippen molar-refractivity contribution >= 4 is 71.6 Å². The summed E-state index contributed by atoms with van der Waals surface area (Å²) in [6, 6.07) is 0. The number of ether oxygens (including phenoxy) is 12. The topological polar surface area (TPSA) is 316 Å². The summed E-state index contributed by atoms with van der Waals surface area (Å²) in [6.45, 7) is 17.1. The molecule has 9 rings (SSSR count). The van der Waals surface area contributed by atoms with Crippen LogP contribution in [0.25, 0.3) is 0 Å². The van der Waals surface area contributed by atoms with Crippen LogP contribution in [-0.2, 0) is 114 Å². The van der Waals surface area contributed by atoms with Gasteiger partial charge in [0.25, 0.3) is 0 Å². The summed E-state index contributed by atoms with van der Waals surface area (Å²) in [5, 5.41) is 0. The van der Waals surface area contributed by atoms with Crippen LogP contribution in [0.3, 0.4) is 0 Å². The Morgan fingerprint density at radius 3 is 1.32 bits per heavy atom. The van der Waals surface area contributed by atoms with Gasteiger partial charge in [0.2, 0.25) is 0 Å². The molecule has 0 amide bonds. The number of hydrogen-bond acceptors (Lipinski definition) is 24. The van der Waals surface area contributed by atoms with Gasteiger partial charge in [0.1, 0.15) is 63.6 Å². The lowest BCUT2D eigenvalue weighted by molar-refractivity contribution is -0.218. The van der Waals surface area contributed by atoms with Crippen molar-refractivity contribution < 1.29 is 114 Å². The zero-order valence-corrected chi connectivity index (χ0v) is 45.7. The van der Waals surface area contributed by atoms with Crippen LogP contribution in [-0.4, -0.2) is 148 Å². The predicted molar refractivity (Wildman–Crippen MR) is 268 cm³/mol. The van der Waals surface area contributed by atoms with Gasteiger partial charge in [-0.15, -0.1) is 0 Å². The highest BCUT2D eigenvalue weighted by Crippen LogP contribution is 2.57. The number of rotatable bonds is 24. The Morgan fingerprint density at radius 2 is 0.863 bits per heavy atom. The third kappa shape index (κ3) is 16.7. The molecule has 0 radical (unpaired) electrons. The normalized spacial score (nSPS) is 29.2. The molecule has 24 heteroatoms.